The number of hydrogen-bond acceptors (Lipinski definition) is 2. The number of carboxylic acid groups (broad SMARTS) is 1. The number of hydrogen-bond donors (Lipinski definition) is 3. The zero-order valence-corrected chi connectivity index (χ0v) is 10.9. The van der Waals surface area contributed by atoms with Gasteiger partial charge in [-0.25, -0.2) is 4.79 Å². The highest BCUT2D eigenvalue weighted by Gasteiger charge is 2.11. The average molecular weight is 277 g/mol. The number of nitrogens with one attached hydrogen (secondary N) is 2. The minimum absolute atomic E-state index is 0.257. The normalized spacial score (nSPS) is 11.2. The minimum Gasteiger partial charge on any atom is -0.478 e. The molecule has 102 valence electrons. The number of aromatic amines is 2. The second-order valence-corrected chi connectivity index (χ2v) is 4.92. The predicted molar refractivity (Wildman–Crippen MR) is 80.3 cm³/mol. The van der Waals surface area contributed by atoms with Crippen molar-refractivity contribution in [1.82, 2.24) is 15.2 Å². The molecule has 4 rings (SSSR count). The van der Waals surface area contributed by atoms with E-state index in [1.807, 2.05) is 30.5 Å². The van der Waals surface area contributed by atoms with Gasteiger partial charge < -0.3 is 10.1 Å². The van der Waals surface area contributed by atoms with E-state index in [-0.39, 0.29) is 5.56 Å². The van der Waals surface area contributed by atoms with Gasteiger partial charge >= 0.3 is 5.97 Å². The summed E-state index contributed by atoms with van der Waals surface area (Å²) < 4.78 is 0. The fourth-order valence-electron chi connectivity index (χ4n) is 2.57. The molecule has 0 unspecified atom stereocenters. The van der Waals surface area contributed by atoms with Crippen molar-refractivity contribution in [3.05, 3.63) is 54.2 Å². The fourth-order valence-corrected chi connectivity index (χ4v) is 2.57. The van der Waals surface area contributed by atoms with Crippen LogP contribution in [0.25, 0.3) is 33.1 Å². The smallest absolute Gasteiger partial charge is 0.335 e. The Bertz CT molecular complexity index is 981. The van der Waals surface area contributed by atoms with E-state index in [0.29, 0.717) is 0 Å². The Labute approximate surface area is 119 Å². The molecule has 0 aliphatic carbocycles. The highest BCUT2D eigenvalue weighted by Crippen LogP contribution is 2.29. The zero-order valence-electron chi connectivity index (χ0n) is 10.9. The first-order valence-electron chi connectivity index (χ1n) is 6.51. The number of aromatic nitrogens is 3. The Hall–Kier alpha value is -3.08. The number of rotatable bonds is 2. The maximum absolute atomic E-state index is 11.1. The van der Waals surface area contributed by atoms with E-state index in [2.05, 4.69) is 15.2 Å². The van der Waals surface area contributed by atoms with Crippen molar-refractivity contribution in [2.24, 2.45) is 0 Å². The van der Waals surface area contributed by atoms with Crippen LogP contribution in [0.4, 0.5) is 0 Å². The summed E-state index contributed by atoms with van der Waals surface area (Å²) in [6, 6.07) is 13.0. The maximum atomic E-state index is 11.1. The Morgan fingerprint density at radius 2 is 1.90 bits per heavy atom. The van der Waals surface area contributed by atoms with E-state index >= 15 is 0 Å². The average Bonchev–Trinajstić information content (AvgIpc) is 3.12. The first-order valence-corrected chi connectivity index (χ1v) is 6.51. The molecule has 0 aliphatic rings. The largest absolute Gasteiger partial charge is 0.478 e. The molecular weight excluding hydrogens is 266 g/mol. The van der Waals surface area contributed by atoms with Gasteiger partial charge in [-0.05, 0) is 36.4 Å². The standard InChI is InChI=1S/C16H11N3O2/c20-16(21)11-2-4-14-12(8-11)15(19-18-14)10-1-3-13-9(7-10)5-6-17-13/h1-8,17H,(H,18,19)(H,20,21). The number of carboxylic acids is 1. The van der Waals surface area contributed by atoms with Gasteiger partial charge in [-0.1, -0.05) is 6.07 Å². The molecule has 0 amide bonds. The van der Waals surface area contributed by atoms with Crippen LogP contribution in [0.3, 0.4) is 0 Å². The van der Waals surface area contributed by atoms with Gasteiger partial charge in [0.25, 0.3) is 0 Å². The van der Waals surface area contributed by atoms with Gasteiger partial charge in [-0.2, -0.15) is 5.10 Å². The number of fused-ring (bicyclic) bond motifs is 2. The molecule has 0 fully saturated rings. The first-order chi connectivity index (χ1) is 10.2. The molecule has 5 heteroatoms. The lowest BCUT2D eigenvalue weighted by atomic mass is 10.0. The highest BCUT2D eigenvalue weighted by molar-refractivity contribution is 6.00. The lowest BCUT2D eigenvalue weighted by molar-refractivity contribution is 0.0697. The third kappa shape index (κ3) is 1.79. The van der Waals surface area contributed by atoms with E-state index in [9.17, 15) is 4.79 Å². The van der Waals surface area contributed by atoms with Crippen LogP contribution in [-0.2, 0) is 0 Å². The summed E-state index contributed by atoms with van der Waals surface area (Å²) in [5, 5.41) is 18.3. The molecule has 5 nitrogen and oxygen atoms in total. The van der Waals surface area contributed by atoms with E-state index in [1.165, 1.54) is 0 Å². The molecule has 2 aromatic carbocycles. The van der Waals surface area contributed by atoms with Gasteiger partial charge in [-0.15, -0.1) is 0 Å². The van der Waals surface area contributed by atoms with Crippen LogP contribution in [0.2, 0.25) is 0 Å². The van der Waals surface area contributed by atoms with E-state index in [1.54, 1.807) is 18.2 Å². The monoisotopic (exact) mass is 277 g/mol. The Balaban J connectivity index is 1.96. The van der Waals surface area contributed by atoms with Crippen LogP contribution in [0.1, 0.15) is 10.4 Å². The van der Waals surface area contributed by atoms with Crippen molar-refractivity contribution >= 4 is 27.8 Å². The first kappa shape index (κ1) is 11.7. The van der Waals surface area contributed by atoms with Crippen LogP contribution < -0.4 is 0 Å². The van der Waals surface area contributed by atoms with Gasteiger partial charge in [-0.3, -0.25) is 5.10 Å². The van der Waals surface area contributed by atoms with Crippen LogP contribution in [0, 0.1) is 0 Å². The number of carbonyl (C=O) groups is 1. The quantitative estimate of drug-likeness (QED) is 0.525. The Morgan fingerprint density at radius 1 is 1.05 bits per heavy atom. The van der Waals surface area contributed by atoms with Crippen molar-refractivity contribution in [1.29, 1.82) is 0 Å². The second-order valence-electron chi connectivity index (χ2n) is 4.92. The van der Waals surface area contributed by atoms with Crippen LogP contribution in [-0.4, -0.2) is 26.3 Å². The van der Waals surface area contributed by atoms with Crippen LogP contribution >= 0.6 is 0 Å². The Morgan fingerprint density at radius 3 is 2.76 bits per heavy atom. The number of benzene rings is 2. The molecule has 2 heterocycles. The molecular formula is C16H11N3O2. The molecule has 0 saturated carbocycles. The van der Waals surface area contributed by atoms with Crippen molar-refractivity contribution in [3.63, 3.8) is 0 Å². The summed E-state index contributed by atoms with van der Waals surface area (Å²) in [4.78, 5) is 14.3. The fraction of sp³-hybridized carbons (Fsp3) is 0. The molecule has 0 spiro atoms. The lowest BCUT2D eigenvalue weighted by Crippen LogP contribution is -1.94. The van der Waals surface area contributed by atoms with E-state index < -0.39 is 5.97 Å². The summed E-state index contributed by atoms with van der Waals surface area (Å²) in [6.45, 7) is 0. The van der Waals surface area contributed by atoms with Crippen molar-refractivity contribution in [2.45, 2.75) is 0 Å². The SMILES string of the molecule is O=C(O)c1ccc2[nH]nc(-c3ccc4[nH]ccc4c3)c2c1. The van der Waals surface area contributed by atoms with Gasteiger partial charge in [0, 0.05) is 28.0 Å². The molecule has 0 bridgehead atoms. The molecule has 4 aromatic rings. The van der Waals surface area contributed by atoms with Gasteiger partial charge in [0.15, 0.2) is 0 Å². The summed E-state index contributed by atoms with van der Waals surface area (Å²) >= 11 is 0. The molecule has 3 N–H and O–H groups in total. The predicted octanol–water partition coefficient (Wildman–Crippen LogP) is 3.41. The second kappa shape index (κ2) is 4.21. The molecule has 0 atom stereocenters. The van der Waals surface area contributed by atoms with E-state index in [0.717, 1.165) is 33.1 Å². The van der Waals surface area contributed by atoms with Crippen molar-refractivity contribution in [3.8, 4) is 11.3 Å². The van der Waals surface area contributed by atoms with Gasteiger partial charge in [0.05, 0.1) is 16.8 Å². The van der Waals surface area contributed by atoms with Crippen LogP contribution in [0.15, 0.2) is 48.7 Å². The molecule has 0 radical (unpaired) electrons. The molecule has 0 saturated heterocycles. The highest BCUT2D eigenvalue weighted by atomic mass is 16.4. The zero-order chi connectivity index (χ0) is 14.4. The molecule has 21 heavy (non-hydrogen) atoms. The minimum atomic E-state index is -0.940. The molecule has 0 aliphatic heterocycles. The summed E-state index contributed by atoms with van der Waals surface area (Å²) in [7, 11) is 0. The lowest BCUT2D eigenvalue weighted by Gasteiger charge is -2.00. The van der Waals surface area contributed by atoms with Crippen molar-refractivity contribution < 1.29 is 9.90 Å². The topological polar surface area (TPSA) is 81.8 Å². The number of aromatic carboxylic acids is 1. The van der Waals surface area contributed by atoms with Gasteiger partial charge in [0.2, 0.25) is 0 Å². The Kier molecular flexibility index (Phi) is 2.35. The number of H-pyrrole nitrogens is 2. The van der Waals surface area contributed by atoms with Gasteiger partial charge in [0.1, 0.15) is 0 Å². The van der Waals surface area contributed by atoms with Crippen molar-refractivity contribution in [2.75, 3.05) is 0 Å². The number of nitrogens with zero attached hydrogens (tertiary/aromatic N) is 1. The third-order valence-electron chi connectivity index (χ3n) is 3.64. The summed E-state index contributed by atoms with van der Waals surface area (Å²) in [5.74, 6) is -0.940. The third-order valence-corrected chi connectivity index (χ3v) is 3.64. The maximum Gasteiger partial charge on any atom is 0.335 e. The molecule has 2 aromatic heterocycles. The summed E-state index contributed by atoms with van der Waals surface area (Å²) in [5.41, 5.74) is 3.86. The van der Waals surface area contributed by atoms with Crippen LogP contribution in [0.5, 0.6) is 0 Å². The summed E-state index contributed by atoms with van der Waals surface area (Å²) in [6.07, 6.45) is 1.89. The van der Waals surface area contributed by atoms with E-state index in [4.69, 9.17) is 5.11 Å².